The van der Waals surface area contributed by atoms with E-state index in [4.69, 9.17) is 9.52 Å². The van der Waals surface area contributed by atoms with Crippen molar-refractivity contribution in [3.05, 3.63) is 17.9 Å². The van der Waals surface area contributed by atoms with Crippen LogP contribution in [0.5, 0.6) is 0 Å². The molecule has 104 valence electrons. The first-order chi connectivity index (χ1) is 8.81. The van der Waals surface area contributed by atoms with Gasteiger partial charge in [-0.05, 0) is 32.0 Å². The Bertz CT molecular complexity index is 628. The average molecular weight is 288 g/mol. The predicted molar refractivity (Wildman–Crippen MR) is 62.0 cm³/mol. The van der Waals surface area contributed by atoms with Crippen molar-refractivity contribution < 1.29 is 27.5 Å². The summed E-state index contributed by atoms with van der Waals surface area (Å²) in [6.07, 6.45) is 0.687. The minimum Gasteiger partial charge on any atom is -0.480 e. The van der Waals surface area contributed by atoms with Crippen LogP contribution in [-0.2, 0) is 14.8 Å². The fraction of sp³-hybridized carbons (Fsp3) is 0.400. The Morgan fingerprint density at radius 2 is 2.00 bits per heavy atom. The molecule has 0 saturated heterocycles. The van der Waals surface area contributed by atoms with Crippen molar-refractivity contribution in [1.82, 2.24) is 10.0 Å². The van der Waals surface area contributed by atoms with Gasteiger partial charge in [-0.25, -0.2) is 17.9 Å². The van der Waals surface area contributed by atoms with Crippen LogP contribution in [0.1, 0.15) is 23.4 Å². The Morgan fingerprint density at radius 3 is 2.47 bits per heavy atom. The molecule has 0 aliphatic heterocycles. The van der Waals surface area contributed by atoms with E-state index >= 15 is 0 Å². The van der Waals surface area contributed by atoms with Crippen LogP contribution < -0.4 is 10.0 Å². The maximum absolute atomic E-state index is 11.7. The number of rotatable bonds is 5. The fourth-order valence-corrected chi connectivity index (χ4v) is 2.13. The lowest BCUT2D eigenvalue weighted by Crippen LogP contribution is -2.42. The number of hydrogen-bond acceptors (Lipinski definition) is 5. The largest absolute Gasteiger partial charge is 0.480 e. The van der Waals surface area contributed by atoms with Gasteiger partial charge in [0.1, 0.15) is 5.54 Å². The quantitative estimate of drug-likeness (QED) is 0.672. The average Bonchev–Trinajstić information content (AvgIpc) is 2.95. The third-order valence-corrected chi connectivity index (χ3v) is 4.14. The van der Waals surface area contributed by atoms with Crippen LogP contribution in [0.4, 0.5) is 0 Å². The molecule has 8 nitrogen and oxygen atoms in total. The van der Waals surface area contributed by atoms with E-state index in [2.05, 4.69) is 5.32 Å². The summed E-state index contributed by atoms with van der Waals surface area (Å²) in [5, 5.41) is 10.8. The number of furan rings is 1. The molecule has 0 atom stereocenters. The van der Waals surface area contributed by atoms with Gasteiger partial charge in [0.2, 0.25) is 5.09 Å². The van der Waals surface area contributed by atoms with E-state index in [1.165, 1.54) is 13.1 Å². The van der Waals surface area contributed by atoms with Gasteiger partial charge in [0, 0.05) is 0 Å². The van der Waals surface area contributed by atoms with E-state index < -0.39 is 32.5 Å². The van der Waals surface area contributed by atoms with Crippen LogP contribution in [0.25, 0.3) is 0 Å². The number of amides is 1. The number of sulfonamides is 1. The maximum atomic E-state index is 11.7. The van der Waals surface area contributed by atoms with Crippen molar-refractivity contribution in [3.63, 3.8) is 0 Å². The predicted octanol–water partition coefficient (Wildman–Crippen LogP) is -0.465. The van der Waals surface area contributed by atoms with Crippen LogP contribution in [0.2, 0.25) is 0 Å². The lowest BCUT2D eigenvalue weighted by molar-refractivity contribution is -0.140. The van der Waals surface area contributed by atoms with Crippen molar-refractivity contribution >= 4 is 21.9 Å². The Morgan fingerprint density at radius 1 is 1.37 bits per heavy atom. The number of hydrogen-bond donors (Lipinski definition) is 3. The third kappa shape index (κ3) is 2.47. The van der Waals surface area contributed by atoms with E-state index in [1.807, 2.05) is 4.72 Å². The number of carboxylic acids is 1. The number of carbonyl (C=O) groups is 2. The monoisotopic (exact) mass is 288 g/mol. The molecule has 19 heavy (non-hydrogen) atoms. The molecule has 2 rings (SSSR count). The van der Waals surface area contributed by atoms with Crippen LogP contribution in [0.3, 0.4) is 0 Å². The second-order valence-corrected chi connectivity index (χ2v) is 5.99. The SMILES string of the molecule is CNS(=O)(=O)c1ccc(C(=O)NC2(C(=O)O)CC2)o1. The molecule has 1 fully saturated rings. The standard InChI is InChI=1S/C10H12N2O6S/c1-11-19(16,17)7-3-2-6(18-7)8(13)12-10(4-5-10)9(14)15/h2-3,11H,4-5H2,1H3,(H,12,13)(H,14,15). The first kappa shape index (κ1) is 13.6. The zero-order valence-electron chi connectivity index (χ0n) is 9.97. The van der Waals surface area contributed by atoms with Gasteiger partial charge >= 0.3 is 5.97 Å². The Hall–Kier alpha value is -1.87. The van der Waals surface area contributed by atoms with Gasteiger partial charge in [0.15, 0.2) is 5.76 Å². The summed E-state index contributed by atoms with van der Waals surface area (Å²) in [6.45, 7) is 0. The first-order valence-corrected chi connectivity index (χ1v) is 6.88. The number of aliphatic carboxylic acids is 1. The van der Waals surface area contributed by atoms with Gasteiger partial charge < -0.3 is 14.8 Å². The molecule has 0 aromatic carbocycles. The zero-order valence-corrected chi connectivity index (χ0v) is 10.8. The van der Waals surface area contributed by atoms with E-state index in [-0.39, 0.29) is 5.76 Å². The van der Waals surface area contributed by atoms with Crippen molar-refractivity contribution in [3.8, 4) is 0 Å². The van der Waals surface area contributed by atoms with Gasteiger partial charge in [-0.3, -0.25) is 4.79 Å². The minimum absolute atomic E-state index is 0.249. The molecule has 1 amide bonds. The van der Waals surface area contributed by atoms with Crippen molar-refractivity contribution in [2.45, 2.75) is 23.5 Å². The normalized spacial score (nSPS) is 16.9. The summed E-state index contributed by atoms with van der Waals surface area (Å²) in [7, 11) is -2.56. The summed E-state index contributed by atoms with van der Waals surface area (Å²) in [5.74, 6) is -2.12. The molecule has 0 bridgehead atoms. The summed E-state index contributed by atoms with van der Waals surface area (Å²) in [4.78, 5) is 22.7. The molecule has 1 aromatic heterocycles. The number of nitrogens with one attached hydrogen (secondary N) is 2. The molecule has 9 heteroatoms. The van der Waals surface area contributed by atoms with Crippen LogP contribution in [0.15, 0.2) is 21.6 Å². The van der Waals surface area contributed by atoms with E-state index in [0.29, 0.717) is 12.8 Å². The fourth-order valence-electron chi connectivity index (χ4n) is 1.48. The first-order valence-electron chi connectivity index (χ1n) is 5.40. The molecule has 1 aromatic rings. The highest BCUT2D eigenvalue weighted by Crippen LogP contribution is 2.35. The Kier molecular flexibility index (Phi) is 3.11. The smallest absolute Gasteiger partial charge is 0.329 e. The molecule has 0 unspecified atom stereocenters. The summed E-state index contributed by atoms with van der Waals surface area (Å²) in [5.41, 5.74) is -1.24. The van der Waals surface area contributed by atoms with E-state index in [1.54, 1.807) is 0 Å². The highest BCUT2D eigenvalue weighted by atomic mass is 32.2. The lowest BCUT2D eigenvalue weighted by atomic mass is 10.2. The molecule has 1 aliphatic rings. The second kappa shape index (κ2) is 4.35. The van der Waals surface area contributed by atoms with Crippen LogP contribution in [-0.4, -0.2) is 38.0 Å². The highest BCUT2D eigenvalue weighted by Gasteiger charge is 2.52. The molecular formula is C10H12N2O6S. The third-order valence-electron chi connectivity index (χ3n) is 2.85. The number of carboxylic acid groups (broad SMARTS) is 1. The molecule has 0 spiro atoms. The Labute approximate surface area is 108 Å². The number of carbonyl (C=O) groups excluding carboxylic acids is 1. The van der Waals surface area contributed by atoms with Gasteiger partial charge in [-0.15, -0.1) is 0 Å². The van der Waals surface area contributed by atoms with Crippen LogP contribution in [0, 0.1) is 0 Å². The van der Waals surface area contributed by atoms with Crippen molar-refractivity contribution in [2.24, 2.45) is 0 Å². The molecular weight excluding hydrogens is 276 g/mol. The molecule has 1 heterocycles. The summed E-state index contributed by atoms with van der Waals surface area (Å²) in [6, 6.07) is 2.30. The summed E-state index contributed by atoms with van der Waals surface area (Å²) < 4.78 is 29.8. The van der Waals surface area contributed by atoms with Crippen LogP contribution >= 0.6 is 0 Å². The lowest BCUT2D eigenvalue weighted by Gasteiger charge is -2.10. The molecule has 1 saturated carbocycles. The van der Waals surface area contributed by atoms with Gasteiger partial charge in [-0.2, -0.15) is 0 Å². The highest BCUT2D eigenvalue weighted by molar-refractivity contribution is 7.89. The van der Waals surface area contributed by atoms with Gasteiger partial charge in [0.05, 0.1) is 0 Å². The van der Waals surface area contributed by atoms with Gasteiger partial charge in [-0.1, -0.05) is 0 Å². The summed E-state index contributed by atoms with van der Waals surface area (Å²) >= 11 is 0. The molecule has 3 N–H and O–H groups in total. The van der Waals surface area contributed by atoms with Crippen molar-refractivity contribution in [2.75, 3.05) is 7.05 Å². The van der Waals surface area contributed by atoms with E-state index in [9.17, 15) is 18.0 Å². The van der Waals surface area contributed by atoms with Crippen molar-refractivity contribution in [1.29, 1.82) is 0 Å². The minimum atomic E-state index is -3.77. The second-order valence-electron chi connectivity index (χ2n) is 4.17. The zero-order chi connectivity index (χ0) is 14.3. The topological polar surface area (TPSA) is 126 Å². The molecule has 1 aliphatic carbocycles. The van der Waals surface area contributed by atoms with E-state index in [0.717, 1.165) is 6.07 Å². The molecule has 0 radical (unpaired) electrons. The van der Waals surface area contributed by atoms with Gasteiger partial charge in [0.25, 0.3) is 15.9 Å². The maximum Gasteiger partial charge on any atom is 0.329 e. The Balaban J connectivity index is 2.16.